The van der Waals surface area contributed by atoms with Crippen LogP contribution >= 0.6 is 0 Å². The van der Waals surface area contributed by atoms with Gasteiger partial charge in [0.05, 0.1) is 17.6 Å². The SMILES string of the molecule is Cc1ncc(N(C)CCC(N)C(C)C)nc1C. The van der Waals surface area contributed by atoms with Crippen LogP contribution in [0.5, 0.6) is 0 Å². The van der Waals surface area contributed by atoms with Crippen LogP contribution in [0.4, 0.5) is 5.82 Å². The van der Waals surface area contributed by atoms with Crippen molar-refractivity contribution in [1.29, 1.82) is 0 Å². The molecule has 1 heterocycles. The van der Waals surface area contributed by atoms with Crippen molar-refractivity contribution in [2.45, 2.75) is 40.2 Å². The highest BCUT2D eigenvalue weighted by atomic mass is 15.2. The van der Waals surface area contributed by atoms with Gasteiger partial charge in [-0.1, -0.05) is 13.8 Å². The number of aryl methyl sites for hydroxylation is 2. The fourth-order valence-electron chi connectivity index (χ4n) is 1.50. The van der Waals surface area contributed by atoms with Crippen LogP contribution in [0.3, 0.4) is 0 Å². The number of nitrogens with two attached hydrogens (primary N) is 1. The summed E-state index contributed by atoms with van der Waals surface area (Å²) in [6.07, 6.45) is 2.80. The molecule has 0 amide bonds. The predicted molar refractivity (Wildman–Crippen MR) is 72.2 cm³/mol. The summed E-state index contributed by atoms with van der Waals surface area (Å²) in [5.74, 6) is 1.44. The number of aromatic nitrogens is 2. The van der Waals surface area contributed by atoms with Crippen molar-refractivity contribution < 1.29 is 0 Å². The third-order valence-electron chi connectivity index (χ3n) is 3.22. The van der Waals surface area contributed by atoms with E-state index < -0.39 is 0 Å². The largest absolute Gasteiger partial charge is 0.358 e. The maximum atomic E-state index is 6.03. The van der Waals surface area contributed by atoms with Crippen LogP contribution in [0, 0.1) is 19.8 Å². The Labute approximate surface area is 104 Å². The lowest BCUT2D eigenvalue weighted by molar-refractivity contribution is 0.465. The first-order chi connectivity index (χ1) is 7.91. The highest BCUT2D eigenvalue weighted by molar-refractivity contribution is 5.36. The van der Waals surface area contributed by atoms with Crippen LogP contribution in [0.2, 0.25) is 0 Å². The van der Waals surface area contributed by atoms with Gasteiger partial charge in [-0.2, -0.15) is 0 Å². The average molecular weight is 236 g/mol. The van der Waals surface area contributed by atoms with Crippen molar-refractivity contribution in [2.24, 2.45) is 11.7 Å². The van der Waals surface area contributed by atoms with Gasteiger partial charge in [0.25, 0.3) is 0 Å². The molecule has 96 valence electrons. The van der Waals surface area contributed by atoms with E-state index in [-0.39, 0.29) is 6.04 Å². The van der Waals surface area contributed by atoms with Crippen molar-refractivity contribution in [3.8, 4) is 0 Å². The van der Waals surface area contributed by atoms with E-state index in [4.69, 9.17) is 5.73 Å². The molecule has 0 aliphatic heterocycles. The van der Waals surface area contributed by atoms with Crippen molar-refractivity contribution in [3.05, 3.63) is 17.6 Å². The molecular weight excluding hydrogens is 212 g/mol. The second-order valence-corrected chi connectivity index (χ2v) is 5.02. The minimum atomic E-state index is 0.247. The number of anilines is 1. The predicted octanol–water partition coefficient (Wildman–Crippen LogP) is 1.90. The van der Waals surface area contributed by atoms with Gasteiger partial charge in [0.15, 0.2) is 0 Å². The summed E-state index contributed by atoms with van der Waals surface area (Å²) in [6, 6.07) is 0.247. The quantitative estimate of drug-likeness (QED) is 0.848. The Morgan fingerprint density at radius 2 is 1.94 bits per heavy atom. The van der Waals surface area contributed by atoms with Gasteiger partial charge in [0.1, 0.15) is 5.82 Å². The summed E-state index contributed by atoms with van der Waals surface area (Å²) >= 11 is 0. The van der Waals surface area contributed by atoms with E-state index in [0.29, 0.717) is 5.92 Å². The maximum Gasteiger partial charge on any atom is 0.147 e. The standard InChI is InChI=1S/C13H24N4/c1-9(2)12(14)6-7-17(5)13-8-15-10(3)11(4)16-13/h8-9,12H,6-7,14H2,1-5H3. The van der Waals surface area contributed by atoms with E-state index in [9.17, 15) is 0 Å². The van der Waals surface area contributed by atoms with Gasteiger partial charge in [-0.3, -0.25) is 4.98 Å². The molecule has 4 heteroatoms. The molecule has 0 saturated heterocycles. The Kier molecular flexibility index (Phi) is 4.87. The van der Waals surface area contributed by atoms with Gasteiger partial charge < -0.3 is 10.6 Å². The molecule has 1 aromatic rings. The van der Waals surface area contributed by atoms with Crippen molar-refractivity contribution >= 4 is 5.82 Å². The van der Waals surface area contributed by atoms with E-state index in [1.54, 1.807) is 0 Å². The molecule has 0 aliphatic rings. The van der Waals surface area contributed by atoms with E-state index in [0.717, 1.165) is 30.2 Å². The molecule has 0 saturated carbocycles. The first-order valence-corrected chi connectivity index (χ1v) is 6.18. The lowest BCUT2D eigenvalue weighted by Crippen LogP contribution is -2.32. The molecule has 0 bridgehead atoms. The summed E-state index contributed by atoms with van der Waals surface area (Å²) in [5.41, 5.74) is 8.01. The Bertz CT molecular complexity index is 362. The summed E-state index contributed by atoms with van der Waals surface area (Å²) in [7, 11) is 2.03. The number of hydrogen-bond acceptors (Lipinski definition) is 4. The average Bonchev–Trinajstić information content (AvgIpc) is 2.28. The molecular formula is C13H24N4. The minimum absolute atomic E-state index is 0.247. The first kappa shape index (κ1) is 13.9. The number of hydrogen-bond donors (Lipinski definition) is 1. The third kappa shape index (κ3) is 3.97. The molecule has 0 aromatic carbocycles. The normalized spacial score (nSPS) is 12.9. The van der Waals surface area contributed by atoms with E-state index >= 15 is 0 Å². The maximum absolute atomic E-state index is 6.03. The summed E-state index contributed by atoms with van der Waals surface area (Å²) < 4.78 is 0. The zero-order chi connectivity index (χ0) is 13.0. The molecule has 4 nitrogen and oxygen atoms in total. The fraction of sp³-hybridized carbons (Fsp3) is 0.692. The molecule has 0 aliphatic carbocycles. The van der Waals surface area contributed by atoms with E-state index in [1.165, 1.54) is 0 Å². The number of rotatable bonds is 5. The van der Waals surface area contributed by atoms with Gasteiger partial charge in [-0.15, -0.1) is 0 Å². The van der Waals surface area contributed by atoms with Crippen LogP contribution in [0.1, 0.15) is 31.7 Å². The molecule has 0 fully saturated rings. The number of nitrogens with zero attached hydrogens (tertiary/aromatic N) is 3. The second kappa shape index (κ2) is 5.96. The Balaban J connectivity index is 2.58. The van der Waals surface area contributed by atoms with Gasteiger partial charge in [0.2, 0.25) is 0 Å². The van der Waals surface area contributed by atoms with Crippen LogP contribution in [-0.4, -0.2) is 29.6 Å². The van der Waals surface area contributed by atoms with Crippen molar-refractivity contribution in [3.63, 3.8) is 0 Å². The molecule has 1 rings (SSSR count). The van der Waals surface area contributed by atoms with Crippen LogP contribution in [-0.2, 0) is 0 Å². The second-order valence-electron chi connectivity index (χ2n) is 5.02. The van der Waals surface area contributed by atoms with Crippen molar-refractivity contribution in [2.75, 3.05) is 18.5 Å². The monoisotopic (exact) mass is 236 g/mol. The molecule has 1 unspecified atom stereocenters. The zero-order valence-corrected chi connectivity index (χ0v) is 11.6. The van der Waals surface area contributed by atoms with Gasteiger partial charge >= 0.3 is 0 Å². The van der Waals surface area contributed by atoms with Gasteiger partial charge in [-0.25, -0.2) is 4.98 Å². The molecule has 2 N–H and O–H groups in total. The first-order valence-electron chi connectivity index (χ1n) is 6.18. The molecule has 17 heavy (non-hydrogen) atoms. The zero-order valence-electron chi connectivity index (χ0n) is 11.6. The third-order valence-corrected chi connectivity index (χ3v) is 3.22. The fourth-order valence-corrected chi connectivity index (χ4v) is 1.50. The lowest BCUT2D eigenvalue weighted by Gasteiger charge is -2.22. The summed E-state index contributed by atoms with van der Waals surface area (Å²) in [6.45, 7) is 9.18. The Morgan fingerprint density at radius 1 is 1.29 bits per heavy atom. The molecule has 0 radical (unpaired) electrons. The van der Waals surface area contributed by atoms with Crippen LogP contribution in [0.15, 0.2) is 6.20 Å². The van der Waals surface area contributed by atoms with Gasteiger partial charge in [0, 0.05) is 19.6 Å². The molecule has 1 aromatic heterocycles. The lowest BCUT2D eigenvalue weighted by atomic mass is 10.0. The molecule has 0 spiro atoms. The minimum Gasteiger partial charge on any atom is -0.358 e. The van der Waals surface area contributed by atoms with E-state index in [1.807, 2.05) is 27.1 Å². The highest BCUT2D eigenvalue weighted by Gasteiger charge is 2.10. The topological polar surface area (TPSA) is 55.0 Å². The highest BCUT2D eigenvalue weighted by Crippen LogP contribution is 2.12. The van der Waals surface area contributed by atoms with E-state index in [2.05, 4.69) is 28.7 Å². The van der Waals surface area contributed by atoms with Crippen LogP contribution in [0.25, 0.3) is 0 Å². The Hall–Kier alpha value is -1.16. The van der Waals surface area contributed by atoms with Gasteiger partial charge in [-0.05, 0) is 26.2 Å². The smallest absolute Gasteiger partial charge is 0.147 e. The summed E-state index contributed by atoms with van der Waals surface area (Å²) in [5, 5.41) is 0. The summed E-state index contributed by atoms with van der Waals surface area (Å²) in [4.78, 5) is 11.0. The molecule has 1 atom stereocenters. The van der Waals surface area contributed by atoms with Crippen molar-refractivity contribution in [1.82, 2.24) is 9.97 Å². The Morgan fingerprint density at radius 3 is 2.47 bits per heavy atom. The van der Waals surface area contributed by atoms with Crippen LogP contribution < -0.4 is 10.6 Å².